The first kappa shape index (κ1) is 12.8. The van der Waals surface area contributed by atoms with Gasteiger partial charge in [0.15, 0.2) is 10.1 Å². The number of ether oxygens (including phenoxy) is 1. The van der Waals surface area contributed by atoms with Gasteiger partial charge in [0.25, 0.3) is 0 Å². The molecular formula is C10H9N3O3S2. The first-order chi connectivity index (χ1) is 8.77. The molecule has 1 heterocycles. The fourth-order valence-corrected chi connectivity index (χ4v) is 2.61. The molecule has 2 rings (SSSR count). The third-order valence-corrected chi connectivity index (χ3v) is 3.79. The lowest BCUT2D eigenvalue weighted by Crippen LogP contribution is -2.02. The summed E-state index contributed by atoms with van der Waals surface area (Å²) in [5.74, 6) is 0.960. The van der Waals surface area contributed by atoms with Crippen LogP contribution in [0.3, 0.4) is 0 Å². The zero-order valence-electron chi connectivity index (χ0n) is 9.18. The predicted octanol–water partition coefficient (Wildman–Crippen LogP) is 2.62. The Balaban J connectivity index is 1.85. The minimum Gasteiger partial charge on any atom is -0.486 e. The molecule has 0 amide bonds. The number of nitrogens with zero attached hydrogens (tertiary/aromatic N) is 3. The van der Waals surface area contributed by atoms with Gasteiger partial charge in [-0.05, 0) is 6.07 Å². The van der Waals surface area contributed by atoms with Crippen molar-refractivity contribution >= 4 is 28.8 Å². The maximum Gasteiger partial charge on any atom is 0.310 e. The van der Waals surface area contributed by atoms with E-state index in [9.17, 15) is 10.1 Å². The number of rotatable bonds is 6. The van der Waals surface area contributed by atoms with E-state index in [4.69, 9.17) is 4.74 Å². The van der Waals surface area contributed by atoms with Crippen molar-refractivity contribution < 1.29 is 9.66 Å². The molecule has 0 aliphatic rings. The van der Waals surface area contributed by atoms with E-state index in [1.807, 2.05) is 0 Å². The molecule has 1 aromatic heterocycles. The normalized spacial score (nSPS) is 10.2. The van der Waals surface area contributed by atoms with E-state index >= 15 is 0 Å². The maximum atomic E-state index is 10.7. The molecule has 0 saturated heterocycles. The van der Waals surface area contributed by atoms with Crippen LogP contribution in [-0.2, 0) is 0 Å². The highest BCUT2D eigenvalue weighted by Gasteiger charge is 2.13. The highest BCUT2D eigenvalue weighted by molar-refractivity contribution is 8.01. The lowest BCUT2D eigenvalue weighted by atomic mass is 10.3. The van der Waals surface area contributed by atoms with Crippen molar-refractivity contribution in [1.82, 2.24) is 10.2 Å². The Kier molecular flexibility index (Phi) is 4.48. The highest BCUT2D eigenvalue weighted by Crippen LogP contribution is 2.26. The average molecular weight is 283 g/mol. The van der Waals surface area contributed by atoms with Gasteiger partial charge in [-0.25, -0.2) is 0 Å². The Hall–Kier alpha value is -1.67. The largest absolute Gasteiger partial charge is 0.486 e. The van der Waals surface area contributed by atoms with E-state index < -0.39 is 4.92 Å². The zero-order chi connectivity index (χ0) is 12.8. The van der Waals surface area contributed by atoms with Gasteiger partial charge < -0.3 is 4.74 Å². The summed E-state index contributed by atoms with van der Waals surface area (Å²) >= 11 is 2.96. The van der Waals surface area contributed by atoms with Crippen molar-refractivity contribution in [1.29, 1.82) is 0 Å². The van der Waals surface area contributed by atoms with E-state index in [1.54, 1.807) is 23.7 Å². The molecule has 0 saturated carbocycles. The summed E-state index contributed by atoms with van der Waals surface area (Å²) in [7, 11) is 0. The van der Waals surface area contributed by atoms with Crippen molar-refractivity contribution in [3.8, 4) is 5.75 Å². The van der Waals surface area contributed by atoms with Crippen LogP contribution in [0.25, 0.3) is 0 Å². The quantitative estimate of drug-likeness (QED) is 0.351. The highest BCUT2D eigenvalue weighted by atomic mass is 32.2. The summed E-state index contributed by atoms with van der Waals surface area (Å²) in [6, 6.07) is 6.34. The SMILES string of the molecule is O=[N+]([O-])c1ccccc1OCCSc1nncs1. The minimum atomic E-state index is -0.451. The number of benzene rings is 1. The molecule has 2 aromatic rings. The number of aromatic nitrogens is 2. The number of thioether (sulfide) groups is 1. The first-order valence-electron chi connectivity index (χ1n) is 5.02. The van der Waals surface area contributed by atoms with Crippen LogP contribution >= 0.6 is 23.1 Å². The van der Waals surface area contributed by atoms with Gasteiger partial charge in [0, 0.05) is 11.8 Å². The first-order valence-corrected chi connectivity index (χ1v) is 6.89. The summed E-state index contributed by atoms with van der Waals surface area (Å²) in [6.07, 6.45) is 0. The third kappa shape index (κ3) is 3.41. The second-order valence-electron chi connectivity index (χ2n) is 3.13. The summed E-state index contributed by atoms with van der Waals surface area (Å²) in [4.78, 5) is 10.3. The molecule has 8 heteroatoms. The summed E-state index contributed by atoms with van der Waals surface area (Å²) in [5, 5.41) is 18.3. The molecule has 0 aliphatic heterocycles. The second kappa shape index (κ2) is 6.31. The van der Waals surface area contributed by atoms with E-state index in [2.05, 4.69) is 10.2 Å². The van der Waals surface area contributed by atoms with Gasteiger partial charge in [-0.3, -0.25) is 10.1 Å². The fourth-order valence-electron chi connectivity index (χ4n) is 1.24. The maximum absolute atomic E-state index is 10.7. The molecule has 6 nitrogen and oxygen atoms in total. The van der Waals surface area contributed by atoms with Gasteiger partial charge >= 0.3 is 5.69 Å². The van der Waals surface area contributed by atoms with Gasteiger partial charge in [0.2, 0.25) is 0 Å². The van der Waals surface area contributed by atoms with Crippen molar-refractivity contribution in [2.24, 2.45) is 0 Å². The molecule has 0 fully saturated rings. The molecule has 0 spiro atoms. The van der Waals surface area contributed by atoms with Crippen LogP contribution in [-0.4, -0.2) is 27.5 Å². The molecule has 18 heavy (non-hydrogen) atoms. The molecule has 94 valence electrons. The van der Waals surface area contributed by atoms with E-state index in [-0.39, 0.29) is 5.69 Å². The Morgan fingerprint density at radius 2 is 2.28 bits per heavy atom. The van der Waals surface area contributed by atoms with Gasteiger partial charge in [0.1, 0.15) is 5.51 Å². The lowest BCUT2D eigenvalue weighted by molar-refractivity contribution is -0.385. The number of nitro benzene ring substituents is 1. The number of nitro groups is 1. The fraction of sp³-hybridized carbons (Fsp3) is 0.200. The van der Waals surface area contributed by atoms with Crippen LogP contribution in [0.1, 0.15) is 0 Å². The topological polar surface area (TPSA) is 78.2 Å². The van der Waals surface area contributed by atoms with Crippen LogP contribution in [0.2, 0.25) is 0 Å². The average Bonchev–Trinajstić information content (AvgIpc) is 2.88. The van der Waals surface area contributed by atoms with Gasteiger partial charge in [-0.1, -0.05) is 35.2 Å². The van der Waals surface area contributed by atoms with Crippen molar-refractivity contribution in [3.63, 3.8) is 0 Å². The monoisotopic (exact) mass is 283 g/mol. The zero-order valence-corrected chi connectivity index (χ0v) is 10.8. The number of hydrogen-bond acceptors (Lipinski definition) is 7. The Morgan fingerprint density at radius 3 is 3.00 bits per heavy atom. The van der Waals surface area contributed by atoms with Crippen molar-refractivity contribution in [3.05, 3.63) is 39.9 Å². The standard InChI is InChI=1S/C10H9N3O3S2/c14-13(15)8-3-1-2-4-9(8)16-5-6-17-10-12-11-7-18-10/h1-4,7H,5-6H2. The van der Waals surface area contributed by atoms with E-state index in [1.165, 1.54) is 29.2 Å². The smallest absolute Gasteiger partial charge is 0.310 e. The Bertz CT molecular complexity index is 519. The molecule has 0 atom stereocenters. The molecule has 0 bridgehead atoms. The molecule has 0 N–H and O–H groups in total. The van der Waals surface area contributed by atoms with Gasteiger partial charge in [0.05, 0.1) is 11.5 Å². The van der Waals surface area contributed by atoms with Crippen LogP contribution in [0.4, 0.5) is 5.69 Å². The van der Waals surface area contributed by atoms with E-state index in [0.717, 1.165) is 4.34 Å². The number of para-hydroxylation sites is 2. The molecule has 1 aromatic carbocycles. The molecule has 0 unspecified atom stereocenters. The molecule has 0 radical (unpaired) electrons. The minimum absolute atomic E-state index is 0.0154. The summed E-state index contributed by atoms with van der Waals surface area (Å²) in [5.41, 5.74) is 1.64. The van der Waals surface area contributed by atoms with Crippen LogP contribution in [0, 0.1) is 10.1 Å². The summed E-state index contributed by atoms with van der Waals surface area (Å²) < 4.78 is 6.25. The second-order valence-corrected chi connectivity index (χ2v) is 5.30. The number of hydrogen-bond donors (Lipinski definition) is 0. The Labute approximate surface area is 111 Å². The van der Waals surface area contributed by atoms with E-state index in [0.29, 0.717) is 18.1 Å². The van der Waals surface area contributed by atoms with Crippen molar-refractivity contribution in [2.75, 3.05) is 12.4 Å². The predicted molar refractivity (Wildman–Crippen MR) is 69.2 cm³/mol. The lowest BCUT2D eigenvalue weighted by Gasteiger charge is -2.05. The van der Waals surface area contributed by atoms with Crippen LogP contribution < -0.4 is 4.74 Å². The van der Waals surface area contributed by atoms with Crippen LogP contribution in [0.5, 0.6) is 5.75 Å². The third-order valence-electron chi connectivity index (χ3n) is 1.97. The van der Waals surface area contributed by atoms with Gasteiger partial charge in [-0.2, -0.15) is 0 Å². The van der Waals surface area contributed by atoms with Gasteiger partial charge in [-0.15, -0.1) is 10.2 Å². The molecule has 0 aliphatic carbocycles. The van der Waals surface area contributed by atoms with Crippen LogP contribution in [0.15, 0.2) is 34.1 Å². The molecular weight excluding hydrogens is 274 g/mol. The van der Waals surface area contributed by atoms with Crippen molar-refractivity contribution in [2.45, 2.75) is 4.34 Å². The summed E-state index contributed by atoms with van der Waals surface area (Å²) in [6.45, 7) is 0.384. The Morgan fingerprint density at radius 1 is 1.44 bits per heavy atom.